The Morgan fingerprint density at radius 2 is 1.71 bits per heavy atom. The zero-order valence-corrected chi connectivity index (χ0v) is 11.9. The van der Waals surface area contributed by atoms with Crippen LogP contribution in [0.15, 0.2) is 12.3 Å². The summed E-state index contributed by atoms with van der Waals surface area (Å²) in [5.74, 6) is 0. The molecule has 0 amide bonds. The van der Waals surface area contributed by atoms with E-state index in [1.165, 1.54) is 31.9 Å². The lowest BCUT2D eigenvalue weighted by Gasteiger charge is -2.51. The summed E-state index contributed by atoms with van der Waals surface area (Å²) in [6, 6.07) is 0.688. The smallest absolute Gasteiger partial charge is 0.0399 e. The van der Waals surface area contributed by atoms with Gasteiger partial charge in [-0.15, -0.1) is 0 Å². The minimum absolute atomic E-state index is 0.303. The number of nitrogens with zero attached hydrogens (tertiary/aromatic N) is 3. The number of hydrogen-bond acceptors (Lipinski definition) is 3. The maximum atomic E-state index is 4.08. The molecule has 0 aliphatic carbocycles. The molecule has 1 atom stereocenters. The third-order valence-corrected chi connectivity index (χ3v) is 4.18. The molecule has 3 nitrogen and oxygen atoms in total. The first-order valence-electron chi connectivity index (χ1n) is 6.77. The van der Waals surface area contributed by atoms with Crippen molar-refractivity contribution in [3.8, 4) is 0 Å². The highest BCUT2D eigenvalue weighted by Crippen LogP contribution is 2.22. The van der Waals surface area contributed by atoms with Crippen LogP contribution >= 0.6 is 0 Å². The molecule has 1 unspecified atom stereocenters. The maximum Gasteiger partial charge on any atom is 0.0399 e. The van der Waals surface area contributed by atoms with Crippen LogP contribution in [0.3, 0.4) is 0 Å². The van der Waals surface area contributed by atoms with Crippen molar-refractivity contribution in [3.05, 3.63) is 12.3 Å². The van der Waals surface area contributed by atoms with Gasteiger partial charge < -0.3 is 4.90 Å². The highest BCUT2D eigenvalue weighted by atomic mass is 15.4. The van der Waals surface area contributed by atoms with Crippen molar-refractivity contribution in [1.29, 1.82) is 0 Å². The first-order chi connectivity index (χ1) is 7.88. The number of hydrogen-bond donors (Lipinski definition) is 0. The molecule has 0 bridgehead atoms. The molecule has 0 aromatic rings. The van der Waals surface area contributed by atoms with Crippen LogP contribution in [-0.4, -0.2) is 65.5 Å². The molecule has 2 aliphatic rings. The molecule has 2 fully saturated rings. The molecule has 17 heavy (non-hydrogen) atoms. The third-order valence-electron chi connectivity index (χ3n) is 4.18. The zero-order chi connectivity index (χ0) is 12.6. The van der Waals surface area contributed by atoms with E-state index in [4.69, 9.17) is 0 Å². The fourth-order valence-corrected chi connectivity index (χ4v) is 2.91. The van der Waals surface area contributed by atoms with Crippen LogP contribution in [0, 0.1) is 0 Å². The van der Waals surface area contributed by atoms with Crippen LogP contribution in [0.2, 0.25) is 0 Å². The Kier molecular flexibility index (Phi) is 3.50. The van der Waals surface area contributed by atoms with Crippen molar-refractivity contribution in [3.63, 3.8) is 0 Å². The minimum atomic E-state index is 0.303. The molecule has 2 rings (SSSR count). The number of piperazine rings is 2. The normalized spacial score (nSPS) is 28.0. The summed E-state index contributed by atoms with van der Waals surface area (Å²) in [5, 5.41) is 0. The van der Waals surface area contributed by atoms with Gasteiger partial charge >= 0.3 is 0 Å². The molecule has 0 radical (unpaired) electrons. The molecule has 3 heteroatoms. The second-order valence-corrected chi connectivity index (χ2v) is 6.49. The van der Waals surface area contributed by atoms with E-state index in [9.17, 15) is 0 Å². The van der Waals surface area contributed by atoms with Crippen LogP contribution in [0.25, 0.3) is 0 Å². The molecule has 2 heterocycles. The standard InChI is InChI=1S/C14H27N3/c1-12(2)16-7-6-15-8-9-17(14(3,4)5)11-13(15)10-16/h13H,1,6-11H2,2-5H3. The van der Waals surface area contributed by atoms with Gasteiger partial charge in [-0.3, -0.25) is 9.80 Å². The van der Waals surface area contributed by atoms with Gasteiger partial charge in [-0.1, -0.05) is 6.58 Å². The van der Waals surface area contributed by atoms with E-state index in [0.29, 0.717) is 11.6 Å². The fraction of sp³-hybridized carbons (Fsp3) is 0.857. The topological polar surface area (TPSA) is 9.72 Å². The first-order valence-corrected chi connectivity index (χ1v) is 6.77. The van der Waals surface area contributed by atoms with Crippen LogP contribution < -0.4 is 0 Å². The van der Waals surface area contributed by atoms with Gasteiger partial charge in [0, 0.05) is 56.5 Å². The van der Waals surface area contributed by atoms with E-state index in [-0.39, 0.29) is 0 Å². The predicted molar refractivity (Wildman–Crippen MR) is 73.1 cm³/mol. The first kappa shape index (κ1) is 12.9. The van der Waals surface area contributed by atoms with Crippen LogP contribution in [-0.2, 0) is 0 Å². The van der Waals surface area contributed by atoms with Gasteiger partial charge in [0.1, 0.15) is 0 Å². The van der Waals surface area contributed by atoms with Crippen LogP contribution in [0.4, 0.5) is 0 Å². The Labute approximate surface area is 106 Å². The number of rotatable bonds is 1. The molecule has 0 aromatic heterocycles. The van der Waals surface area contributed by atoms with Gasteiger partial charge in [-0.25, -0.2) is 0 Å². The molecule has 0 aromatic carbocycles. The third kappa shape index (κ3) is 2.83. The van der Waals surface area contributed by atoms with Crippen LogP contribution in [0.5, 0.6) is 0 Å². The summed E-state index contributed by atoms with van der Waals surface area (Å²) in [5.41, 5.74) is 1.52. The predicted octanol–water partition coefficient (Wildman–Crippen LogP) is 1.62. The quantitative estimate of drug-likeness (QED) is 0.686. The summed E-state index contributed by atoms with van der Waals surface area (Å²) >= 11 is 0. The van der Waals surface area contributed by atoms with Crippen LogP contribution in [0.1, 0.15) is 27.7 Å². The Balaban J connectivity index is 1.99. The summed E-state index contributed by atoms with van der Waals surface area (Å²) in [4.78, 5) is 7.71. The highest BCUT2D eigenvalue weighted by Gasteiger charge is 2.35. The molecule has 98 valence electrons. The van der Waals surface area contributed by atoms with E-state index in [1.807, 2.05) is 0 Å². The average Bonchev–Trinajstić information content (AvgIpc) is 2.26. The van der Waals surface area contributed by atoms with Gasteiger partial charge in [0.05, 0.1) is 0 Å². The lowest BCUT2D eigenvalue weighted by Crippen LogP contribution is -2.64. The van der Waals surface area contributed by atoms with Crippen molar-refractivity contribution in [2.45, 2.75) is 39.3 Å². The Morgan fingerprint density at radius 1 is 1.06 bits per heavy atom. The Morgan fingerprint density at radius 3 is 2.29 bits per heavy atom. The largest absolute Gasteiger partial charge is 0.373 e. The Hall–Kier alpha value is -0.540. The second-order valence-electron chi connectivity index (χ2n) is 6.49. The molecule has 2 aliphatic heterocycles. The lowest BCUT2D eigenvalue weighted by molar-refractivity contribution is -0.0112. The summed E-state index contributed by atoms with van der Waals surface area (Å²) < 4.78 is 0. The number of fused-ring (bicyclic) bond motifs is 1. The zero-order valence-electron chi connectivity index (χ0n) is 11.9. The minimum Gasteiger partial charge on any atom is -0.373 e. The summed E-state index contributed by atoms with van der Waals surface area (Å²) in [6.07, 6.45) is 0. The Bertz CT molecular complexity index is 292. The molecule has 0 spiro atoms. The molecular weight excluding hydrogens is 210 g/mol. The van der Waals surface area contributed by atoms with Crippen molar-refractivity contribution >= 4 is 0 Å². The van der Waals surface area contributed by atoms with E-state index < -0.39 is 0 Å². The van der Waals surface area contributed by atoms with E-state index >= 15 is 0 Å². The van der Waals surface area contributed by atoms with Gasteiger partial charge in [0.15, 0.2) is 0 Å². The van der Waals surface area contributed by atoms with E-state index in [1.54, 1.807) is 0 Å². The van der Waals surface area contributed by atoms with Crippen molar-refractivity contribution in [2.24, 2.45) is 0 Å². The van der Waals surface area contributed by atoms with Gasteiger partial charge in [0.2, 0.25) is 0 Å². The van der Waals surface area contributed by atoms with Crippen molar-refractivity contribution in [2.75, 3.05) is 39.3 Å². The highest BCUT2D eigenvalue weighted by molar-refractivity contribution is 4.98. The van der Waals surface area contributed by atoms with Crippen molar-refractivity contribution < 1.29 is 0 Å². The summed E-state index contributed by atoms with van der Waals surface area (Å²) in [7, 11) is 0. The molecule has 0 saturated carbocycles. The second kappa shape index (κ2) is 4.62. The molecule has 0 N–H and O–H groups in total. The average molecular weight is 237 g/mol. The SMILES string of the molecule is C=C(C)N1CCN2CCN(C(C)(C)C)CC2C1. The molecule has 2 saturated heterocycles. The lowest BCUT2D eigenvalue weighted by atomic mass is 10.0. The van der Waals surface area contributed by atoms with E-state index in [0.717, 1.165) is 13.1 Å². The van der Waals surface area contributed by atoms with Crippen molar-refractivity contribution in [1.82, 2.24) is 14.7 Å². The van der Waals surface area contributed by atoms with Gasteiger partial charge in [0.25, 0.3) is 0 Å². The van der Waals surface area contributed by atoms with Gasteiger partial charge in [-0.05, 0) is 27.7 Å². The monoisotopic (exact) mass is 237 g/mol. The molecular formula is C14H27N3. The summed E-state index contributed by atoms with van der Waals surface area (Å²) in [6.45, 7) is 20.3. The van der Waals surface area contributed by atoms with E-state index in [2.05, 4.69) is 49.0 Å². The fourth-order valence-electron chi connectivity index (χ4n) is 2.91. The number of allylic oxidation sites excluding steroid dienone is 1. The van der Waals surface area contributed by atoms with Gasteiger partial charge in [-0.2, -0.15) is 0 Å². The maximum absolute atomic E-state index is 4.08.